The molecule has 4 aromatic rings. The summed E-state index contributed by atoms with van der Waals surface area (Å²) in [7, 11) is 0. The number of fused-ring (bicyclic) bond motifs is 2. The van der Waals surface area contributed by atoms with Crippen LogP contribution >= 0.6 is 0 Å². The van der Waals surface area contributed by atoms with E-state index in [2.05, 4.69) is 50.2 Å². The van der Waals surface area contributed by atoms with Gasteiger partial charge >= 0.3 is 0 Å². The average Bonchev–Trinajstić information content (AvgIpc) is 3.51. The molecule has 4 aliphatic heterocycles. The molecule has 2 aromatic carbocycles. The van der Waals surface area contributed by atoms with E-state index in [1.165, 1.54) is 0 Å². The van der Waals surface area contributed by atoms with Gasteiger partial charge in [0, 0.05) is 93.6 Å². The first-order chi connectivity index (χ1) is 29.0. The van der Waals surface area contributed by atoms with Gasteiger partial charge in [0.1, 0.15) is 29.8 Å². The van der Waals surface area contributed by atoms with Crippen LogP contribution < -0.4 is 25.2 Å². The fraction of sp³-hybridized carbons (Fsp3) is 0.422. The molecule has 15 heteroatoms. The molecule has 2 aromatic heterocycles. The summed E-state index contributed by atoms with van der Waals surface area (Å²) in [5, 5.41) is 15.7. The van der Waals surface area contributed by atoms with Crippen LogP contribution in [0.3, 0.4) is 0 Å². The molecule has 2 N–H and O–H groups in total. The highest BCUT2D eigenvalue weighted by Crippen LogP contribution is 2.44. The Hall–Kier alpha value is -6.40. The second-order valence-corrected chi connectivity index (χ2v) is 17.1. The molecule has 0 spiro atoms. The Bertz CT molecular complexity index is 2430. The normalized spacial score (nSPS) is 23.2. The van der Waals surface area contributed by atoms with E-state index in [0.717, 1.165) is 80.4 Å². The second-order valence-electron chi connectivity index (χ2n) is 17.1. The third kappa shape index (κ3) is 7.19. The largest absolute Gasteiger partial charge is 0.489 e. The predicted octanol–water partition coefficient (Wildman–Crippen LogP) is 3.92. The SMILES string of the molecule is CC1(C)C(NC(=O)c2ccc(N3CCC(CN4CCN(c5ccc6c(c5)C(=O)N(C5CCC(=O)NC5=O)C6=O)CC4)CC3)nc2)C[C@@H]1Oc1ccc(C#N)c2ncccc12. The van der Waals surface area contributed by atoms with Gasteiger partial charge in [-0.05, 0) is 79.8 Å². The monoisotopic (exact) mass is 809 g/mol. The van der Waals surface area contributed by atoms with Gasteiger partial charge in [0.25, 0.3) is 17.7 Å². The van der Waals surface area contributed by atoms with Crippen LogP contribution in [0.1, 0.15) is 82.6 Å². The first-order valence-electron chi connectivity index (χ1n) is 20.8. The van der Waals surface area contributed by atoms with Gasteiger partial charge in [0.05, 0.1) is 27.8 Å². The van der Waals surface area contributed by atoms with Gasteiger partial charge in [0.15, 0.2) is 0 Å². The summed E-state index contributed by atoms with van der Waals surface area (Å²) < 4.78 is 6.43. The lowest BCUT2D eigenvalue weighted by Crippen LogP contribution is -2.63. The smallest absolute Gasteiger partial charge is 0.262 e. The van der Waals surface area contributed by atoms with Crippen LogP contribution in [-0.2, 0) is 9.59 Å². The van der Waals surface area contributed by atoms with Crippen molar-refractivity contribution in [1.29, 1.82) is 5.26 Å². The van der Waals surface area contributed by atoms with Crippen LogP contribution in [0.2, 0.25) is 0 Å². The third-order valence-corrected chi connectivity index (χ3v) is 13.2. The summed E-state index contributed by atoms with van der Waals surface area (Å²) in [5.74, 6) is -0.0356. The topological polar surface area (TPSA) is 181 Å². The number of ether oxygens (including phenoxy) is 1. The minimum atomic E-state index is -0.977. The van der Waals surface area contributed by atoms with Gasteiger partial charge in [0.2, 0.25) is 11.8 Å². The van der Waals surface area contributed by atoms with Crippen molar-refractivity contribution >= 4 is 51.9 Å². The highest BCUT2D eigenvalue weighted by Gasteiger charge is 2.51. The van der Waals surface area contributed by atoms with Crippen molar-refractivity contribution in [2.45, 2.75) is 64.1 Å². The molecule has 2 unspecified atom stereocenters. The van der Waals surface area contributed by atoms with E-state index in [9.17, 15) is 29.2 Å². The van der Waals surface area contributed by atoms with E-state index in [0.29, 0.717) is 45.9 Å². The molecule has 5 aliphatic rings. The summed E-state index contributed by atoms with van der Waals surface area (Å²) >= 11 is 0. The number of nitriles is 1. The van der Waals surface area contributed by atoms with Crippen molar-refractivity contribution in [1.82, 2.24) is 30.4 Å². The number of carbonyl (C=O) groups excluding carboxylic acids is 5. The Balaban J connectivity index is 0.721. The van der Waals surface area contributed by atoms with Crippen LogP contribution in [0.25, 0.3) is 10.9 Å². The molecule has 1 aliphatic carbocycles. The number of pyridine rings is 2. The quantitative estimate of drug-likeness (QED) is 0.233. The molecule has 308 valence electrons. The first-order valence-corrected chi connectivity index (χ1v) is 20.8. The van der Waals surface area contributed by atoms with E-state index in [-0.39, 0.29) is 36.3 Å². The summed E-state index contributed by atoms with van der Waals surface area (Å²) in [4.78, 5) is 81.0. The van der Waals surface area contributed by atoms with Crippen molar-refractivity contribution in [3.05, 3.63) is 89.2 Å². The fourth-order valence-electron chi connectivity index (χ4n) is 9.33. The molecule has 0 radical (unpaired) electrons. The lowest BCUT2D eigenvalue weighted by Gasteiger charge is -2.51. The van der Waals surface area contributed by atoms with Crippen molar-refractivity contribution in [2.24, 2.45) is 11.3 Å². The number of aromatic nitrogens is 2. The van der Waals surface area contributed by atoms with Gasteiger partial charge in [-0.15, -0.1) is 0 Å². The zero-order chi connectivity index (χ0) is 41.7. The van der Waals surface area contributed by atoms with E-state index >= 15 is 0 Å². The minimum Gasteiger partial charge on any atom is -0.489 e. The van der Waals surface area contributed by atoms with Gasteiger partial charge in [-0.3, -0.25) is 44.1 Å². The molecule has 9 rings (SSSR count). The molecular weight excluding hydrogens is 763 g/mol. The lowest BCUT2D eigenvalue weighted by molar-refractivity contribution is -0.136. The standard InChI is InChI=1S/C45H47N9O6/c1-45(2)36(23-37(45)60-35-10-5-28(24-46)40-32(35)4-3-15-47-40)49-41(56)29-6-11-38(48-25-29)53-16-13-27(14-17-53)26-51-18-20-52(21-19-51)30-7-8-31-33(22-30)44(59)54(43(31)58)34-9-12-39(55)50-42(34)57/h3-8,10-11,15,22,25,27,34,36-37H,9,12-14,16-21,23,26H2,1-2H3,(H,49,56)(H,50,55,57)/t34?,36?,37-/m0/s1. The summed E-state index contributed by atoms with van der Waals surface area (Å²) in [5.41, 5.74) is 2.79. The highest BCUT2D eigenvalue weighted by atomic mass is 16.5. The summed E-state index contributed by atoms with van der Waals surface area (Å²) in [6.45, 7) is 10.3. The number of carbonyl (C=O) groups is 5. The lowest BCUT2D eigenvalue weighted by atomic mass is 9.64. The molecule has 15 nitrogen and oxygen atoms in total. The average molecular weight is 810 g/mol. The molecule has 3 atom stereocenters. The number of nitrogens with one attached hydrogen (secondary N) is 2. The van der Waals surface area contributed by atoms with Gasteiger partial charge in [-0.1, -0.05) is 13.8 Å². The van der Waals surface area contributed by atoms with Gasteiger partial charge < -0.3 is 19.9 Å². The maximum Gasteiger partial charge on any atom is 0.262 e. The zero-order valence-electron chi connectivity index (χ0n) is 33.7. The zero-order valence-corrected chi connectivity index (χ0v) is 33.7. The fourth-order valence-corrected chi connectivity index (χ4v) is 9.33. The number of benzene rings is 2. The molecule has 1 saturated carbocycles. The second kappa shape index (κ2) is 15.6. The molecule has 3 saturated heterocycles. The van der Waals surface area contributed by atoms with E-state index in [4.69, 9.17) is 9.72 Å². The third-order valence-electron chi connectivity index (χ3n) is 13.2. The van der Waals surface area contributed by atoms with E-state index < -0.39 is 29.7 Å². The first kappa shape index (κ1) is 39.1. The number of imide groups is 2. The summed E-state index contributed by atoms with van der Waals surface area (Å²) in [6.07, 6.45) is 6.18. The number of amides is 5. The molecule has 60 heavy (non-hydrogen) atoms. The van der Waals surface area contributed by atoms with Crippen molar-refractivity contribution < 1.29 is 28.7 Å². The van der Waals surface area contributed by atoms with Crippen LogP contribution in [0, 0.1) is 22.7 Å². The number of hydrogen-bond donors (Lipinski definition) is 2. The molecule has 4 fully saturated rings. The number of nitrogens with zero attached hydrogens (tertiary/aromatic N) is 7. The minimum absolute atomic E-state index is 0.0731. The van der Waals surface area contributed by atoms with Crippen LogP contribution in [0.15, 0.2) is 67.0 Å². The molecule has 6 heterocycles. The molecule has 5 amide bonds. The number of piperazine rings is 1. The van der Waals surface area contributed by atoms with Crippen molar-refractivity contribution in [3.8, 4) is 11.8 Å². The number of hydrogen-bond acceptors (Lipinski definition) is 12. The Labute approximate surface area is 347 Å². The summed E-state index contributed by atoms with van der Waals surface area (Å²) in [6, 6.07) is 17.5. The Kier molecular flexibility index (Phi) is 10.2. The predicted molar refractivity (Wildman–Crippen MR) is 221 cm³/mol. The van der Waals surface area contributed by atoms with Crippen LogP contribution in [0.4, 0.5) is 11.5 Å². The number of piperidine rings is 2. The van der Waals surface area contributed by atoms with E-state index in [1.54, 1.807) is 30.6 Å². The Morgan fingerprint density at radius 1 is 0.917 bits per heavy atom. The van der Waals surface area contributed by atoms with E-state index in [1.807, 2.05) is 36.4 Å². The van der Waals surface area contributed by atoms with Crippen LogP contribution in [-0.4, -0.2) is 113 Å². The van der Waals surface area contributed by atoms with Crippen LogP contribution in [0.5, 0.6) is 5.75 Å². The number of rotatable bonds is 9. The molecule has 0 bridgehead atoms. The van der Waals surface area contributed by atoms with Crippen molar-refractivity contribution in [2.75, 3.05) is 55.6 Å². The Morgan fingerprint density at radius 3 is 2.42 bits per heavy atom. The molecular formula is C45H47N9O6. The highest BCUT2D eigenvalue weighted by molar-refractivity contribution is 6.23. The van der Waals surface area contributed by atoms with Gasteiger partial charge in [-0.2, -0.15) is 5.26 Å². The van der Waals surface area contributed by atoms with Gasteiger partial charge in [-0.25, -0.2) is 4.98 Å². The Morgan fingerprint density at radius 2 is 1.70 bits per heavy atom. The maximum atomic E-state index is 13.3. The maximum absolute atomic E-state index is 13.3. The number of anilines is 2. The van der Waals surface area contributed by atoms with Crippen molar-refractivity contribution in [3.63, 3.8) is 0 Å².